The molecule has 4 fully saturated rings. The molecule has 2 heteroatoms. The Morgan fingerprint density at radius 2 is 1.55 bits per heavy atom. The minimum Gasteiger partial charge on any atom is -0.197 e. The van der Waals surface area contributed by atoms with Crippen molar-refractivity contribution in [2.24, 2.45) is 17.8 Å². The van der Waals surface area contributed by atoms with Gasteiger partial charge in [0, 0.05) is 4.75 Å². The fourth-order valence-electron chi connectivity index (χ4n) is 5.22. The Hall–Kier alpha value is -0.940. The molecule has 0 aromatic heterocycles. The molecule has 0 spiro atoms. The van der Waals surface area contributed by atoms with E-state index >= 15 is 0 Å². The second-order valence-corrected chi connectivity index (χ2v) is 8.71. The lowest BCUT2D eigenvalue weighted by Crippen LogP contribution is -2.48. The smallest absolute Gasteiger partial charge is 0.117 e. The molecule has 0 radical (unpaired) electrons. The number of nitriles is 1. The zero-order chi connectivity index (χ0) is 13.6. The molecule has 4 saturated carbocycles. The Morgan fingerprint density at radius 3 is 2.05 bits per heavy atom. The molecule has 104 valence electrons. The van der Waals surface area contributed by atoms with Crippen molar-refractivity contribution in [3.8, 4) is 6.07 Å². The first-order valence-corrected chi connectivity index (χ1v) is 8.77. The average molecular weight is 283 g/mol. The zero-order valence-corrected chi connectivity index (χ0v) is 12.6. The third kappa shape index (κ3) is 2.17. The molecule has 5 rings (SSSR count). The summed E-state index contributed by atoms with van der Waals surface area (Å²) in [6.07, 6.45) is 8.53. The monoisotopic (exact) mass is 283 g/mol. The van der Waals surface area contributed by atoms with Gasteiger partial charge in [0.2, 0.25) is 0 Å². The molecule has 1 nitrogen and oxygen atoms in total. The molecule has 1 atom stereocenters. The molecule has 0 amide bonds. The van der Waals surface area contributed by atoms with Gasteiger partial charge in [-0.25, -0.2) is 0 Å². The van der Waals surface area contributed by atoms with Crippen LogP contribution in [0.1, 0.15) is 49.3 Å². The average Bonchev–Trinajstić information content (AvgIpc) is 2.44. The van der Waals surface area contributed by atoms with Crippen LogP contribution in [0.2, 0.25) is 0 Å². The van der Waals surface area contributed by atoms with Crippen molar-refractivity contribution in [3.05, 3.63) is 35.9 Å². The number of benzene rings is 1. The summed E-state index contributed by atoms with van der Waals surface area (Å²) >= 11 is 1.99. The van der Waals surface area contributed by atoms with Gasteiger partial charge in [-0.15, -0.1) is 11.8 Å². The SMILES string of the molecule is N#CC(SC12CC3CC(CC(C3)C1)C2)c1ccccc1. The van der Waals surface area contributed by atoms with Crippen LogP contribution in [-0.4, -0.2) is 4.75 Å². The van der Waals surface area contributed by atoms with E-state index in [4.69, 9.17) is 0 Å². The van der Waals surface area contributed by atoms with Gasteiger partial charge < -0.3 is 0 Å². The van der Waals surface area contributed by atoms with E-state index in [9.17, 15) is 5.26 Å². The molecule has 1 aromatic rings. The van der Waals surface area contributed by atoms with Crippen molar-refractivity contribution in [2.75, 3.05) is 0 Å². The minimum absolute atomic E-state index is 0.0208. The van der Waals surface area contributed by atoms with E-state index in [1.807, 2.05) is 17.8 Å². The van der Waals surface area contributed by atoms with Gasteiger partial charge in [-0.1, -0.05) is 30.3 Å². The van der Waals surface area contributed by atoms with Gasteiger partial charge in [0.05, 0.1) is 6.07 Å². The number of hydrogen-bond acceptors (Lipinski definition) is 2. The summed E-state index contributed by atoms with van der Waals surface area (Å²) in [5.41, 5.74) is 1.19. The Kier molecular flexibility index (Phi) is 3.07. The summed E-state index contributed by atoms with van der Waals surface area (Å²) in [6.45, 7) is 0. The fraction of sp³-hybridized carbons (Fsp3) is 0.611. The predicted octanol–water partition coefficient (Wildman–Crippen LogP) is 4.95. The summed E-state index contributed by atoms with van der Waals surface area (Å²) in [5.74, 6) is 2.89. The van der Waals surface area contributed by atoms with E-state index in [2.05, 4.69) is 30.3 Å². The van der Waals surface area contributed by atoms with Crippen LogP contribution in [0.5, 0.6) is 0 Å². The van der Waals surface area contributed by atoms with Crippen molar-refractivity contribution in [3.63, 3.8) is 0 Å². The number of rotatable bonds is 3. The molecule has 1 aromatic carbocycles. The van der Waals surface area contributed by atoms with E-state index in [-0.39, 0.29) is 5.25 Å². The quantitative estimate of drug-likeness (QED) is 0.783. The molecule has 4 aliphatic rings. The summed E-state index contributed by atoms with van der Waals surface area (Å²) in [6, 6.07) is 12.9. The topological polar surface area (TPSA) is 23.8 Å². The van der Waals surface area contributed by atoms with Crippen LogP contribution in [0.3, 0.4) is 0 Å². The van der Waals surface area contributed by atoms with Gasteiger partial charge in [0.1, 0.15) is 5.25 Å². The maximum atomic E-state index is 9.61. The van der Waals surface area contributed by atoms with Gasteiger partial charge in [-0.3, -0.25) is 0 Å². The van der Waals surface area contributed by atoms with Gasteiger partial charge in [0.25, 0.3) is 0 Å². The lowest BCUT2D eigenvalue weighted by atomic mass is 9.56. The van der Waals surface area contributed by atoms with E-state index in [1.54, 1.807) is 0 Å². The molecular weight excluding hydrogens is 262 g/mol. The normalized spacial score (nSPS) is 39.5. The van der Waals surface area contributed by atoms with Crippen LogP contribution in [0.25, 0.3) is 0 Å². The summed E-state index contributed by atoms with van der Waals surface area (Å²) in [4.78, 5) is 0. The molecule has 4 bridgehead atoms. The van der Waals surface area contributed by atoms with E-state index in [0.29, 0.717) is 4.75 Å². The summed E-state index contributed by atoms with van der Waals surface area (Å²) in [7, 11) is 0. The third-order valence-electron chi connectivity index (χ3n) is 5.57. The van der Waals surface area contributed by atoms with Crippen LogP contribution in [0, 0.1) is 29.1 Å². The van der Waals surface area contributed by atoms with Gasteiger partial charge in [0.15, 0.2) is 0 Å². The van der Waals surface area contributed by atoms with Gasteiger partial charge in [-0.05, 0) is 61.8 Å². The van der Waals surface area contributed by atoms with Crippen LogP contribution in [0.4, 0.5) is 0 Å². The molecule has 4 aliphatic carbocycles. The lowest BCUT2D eigenvalue weighted by Gasteiger charge is -2.56. The standard InChI is InChI=1S/C18H21NS/c19-12-17(16-4-2-1-3-5-16)20-18-9-13-6-14(10-18)8-15(7-13)11-18/h1-5,13-15,17H,6-11H2. The fourth-order valence-corrected chi connectivity index (χ4v) is 7.06. The Labute approximate surface area is 125 Å². The first-order valence-electron chi connectivity index (χ1n) is 7.89. The molecule has 0 heterocycles. The summed E-state index contributed by atoms with van der Waals surface area (Å²) in [5, 5.41) is 9.63. The Balaban J connectivity index is 1.57. The second-order valence-electron chi connectivity index (χ2n) is 7.14. The Bertz CT molecular complexity index is 495. The van der Waals surface area contributed by atoms with E-state index < -0.39 is 0 Å². The molecule has 20 heavy (non-hydrogen) atoms. The van der Waals surface area contributed by atoms with Crippen molar-refractivity contribution >= 4 is 11.8 Å². The van der Waals surface area contributed by atoms with Gasteiger partial charge in [-0.2, -0.15) is 5.26 Å². The highest BCUT2D eigenvalue weighted by atomic mass is 32.2. The Morgan fingerprint density at radius 1 is 1.00 bits per heavy atom. The highest BCUT2D eigenvalue weighted by Gasteiger charge is 2.52. The first-order chi connectivity index (χ1) is 9.76. The van der Waals surface area contributed by atoms with Crippen LogP contribution in [-0.2, 0) is 0 Å². The maximum Gasteiger partial charge on any atom is 0.117 e. The predicted molar refractivity (Wildman–Crippen MR) is 83.3 cm³/mol. The number of hydrogen-bond donors (Lipinski definition) is 0. The molecule has 0 aliphatic heterocycles. The zero-order valence-electron chi connectivity index (χ0n) is 11.8. The van der Waals surface area contributed by atoms with Gasteiger partial charge >= 0.3 is 0 Å². The van der Waals surface area contributed by atoms with Crippen LogP contribution in [0.15, 0.2) is 30.3 Å². The van der Waals surface area contributed by atoms with Crippen molar-refractivity contribution in [1.82, 2.24) is 0 Å². The first kappa shape index (κ1) is 12.8. The van der Waals surface area contributed by atoms with Crippen LogP contribution >= 0.6 is 11.8 Å². The molecule has 1 unspecified atom stereocenters. The largest absolute Gasteiger partial charge is 0.197 e. The second kappa shape index (κ2) is 4.81. The minimum atomic E-state index is 0.0208. The maximum absolute atomic E-state index is 9.61. The van der Waals surface area contributed by atoms with E-state index in [0.717, 1.165) is 17.8 Å². The van der Waals surface area contributed by atoms with Crippen molar-refractivity contribution in [1.29, 1.82) is 5.26 Å². The highest BCUT2D eigenvalue weighted by Crippen LogP contribution is 2.62. The summed E-state index contributed by atoms with van der Waals surface area (Å²) < 4.78 is 0.422. The highest BCUT2D eigenvalue weighted by molar-refractivity contribution is 8.01. The number of thioether (sulfide) groups is 1. The van der Waals surface area contributed by atoms with Crippen LogP contribution < -0.4 is 0 Å². The molecule has 0 saturated heterocycles. The van der Waals surface area contributed by atoms with Crippen molar-refractivity contribution in [2.45, 2.75) is 48.5 Å². The lowest BCUT2D eigenvalue weighted by molar-refractivity contribution is 0.0382. The van der Waals surface area contributed by atoms with Crippen molar-refractivity contribution < 1.29 is 0 Å². The number of nitrogens with zero attached hydrogens (tertiary/aromatic N) is 1. The third-order valence-corrected chi connectivity index (χ3v) is 7.18. The molecular formula is C18H21NS. The molecule has 0 N–H and O–H groups in total. The van der Waals surface area contributed by atoms with E-state index in [1.165, 1.54) is 44.1 Å².